The minimum absolute atomic E-state index is 0.0687. The van der Waals surface area contributed by atoms with Crippen LogP contribution in [0.25, 0.3) is 0 Å². The van der Waals surface area contributed by atoms with Gasteiger partial charge >= 0.3 is 6.09 Å². The number of benzene rings is 1. The van der Waals surface area contributed by atoms with Crippen LogP contribution in [0, 0.1) is 5.92 Å². The maximum absolute atomic E-state index is 14.3. The zero-order valence-electron chi connectivity index (χ0n) is 24.5. The van der Waals surface area contributed by atoms with Gasteiger partial charge in [-0.2, -0.15) is 0 Å². The number of aromatic hydroxyl groups is 1. The van der Waals surface area contributed by atoms with Gasteiger partial charge in [0.1, 0.15) is 23.4 Å². The summed E-state index contributed by atoms with van der Waals surface area (Å²) in [5, 5.41) is 15.7. The normalized spacial score (nSPS) is 14.5. The van der Waals surface area contributed by atoms with Gasteiger partial charge in [0.2, 0.25) is 11.8 Å². The van der Waals surface area contributed by atoms with Crippen LogP contribution in [0.4, 0.5) is 4.79 Å². The van der Waals surface area contributed by atoms with Gasteiger partial charge in [0, 0.05) is 11.6 Å². The van der Waals surface area contributed by atoms with Gasteiger partial charge in [-0.1, -0.05) is 46.2 Å². The van der Waals surface area contributed by atoms with E-state index in [4.69, 9.17) is 4.74 Å². The largest absolute Gasteiger partial charge is 0.508 e. The minimum Gasteiger partial charge on any atom is -0.508 e. The quantitative estimate of drug-likeness (QED) is 0.329. The topological polar surface area (TPSA) is 108 Å². The molecule has 0 aliphatic heterocycles. The van der Waals surface area contributed by atoms with E-state index in [0.717, 1.165) is 12.8 Å². The third-order valence-corrected chi connectivity index (χ3v) is 6.28. The zero-order valence-corrected chi connectivity index (χ0v) is 24.5. The fourth-order valence-corrected chi connectivity index (χ4v) is 4.16. The number of ether oxygens (including phenoxy) is 1. The molecule has 1 rings (SSSR count). The first-order chi connectivity index (χ1) is 17.0. The lowest BCUT2D eigenvalue weighted by atomic mass is 9.90. The molecule has 0 saturated heterocycles. The average Bonchev–Trinajstić information content (AvgIpc) is 2.75. The first kappa shape index (κ1) is 32.3. The highest BCUT2D eigenvalue weighted by molar-refractivity contribution is 5.92. The Morgan fingerprint density at radius 1 is 0.973 bits per heavy atom. The summed E-state index contributed by atoms with van der Waals surface area (Å²) >= 11 is 0. The van der Waals surface area contributed by atoms with Gasteiger partial charge < -0.3 is 25.4 Å². The van der Waals surface area contributed by atoms with Crippen molar-refractivity contribution < 1.29 is 24.2 Å². The summed E-state index contributed by atoms with van der Waals surface area (Å²) in [7, 11) is 0. The van der Waals surface area contributed by atoms with Crippen molar-refractivity contribution in [2.45, 2.75) is 124 Å². The number of phenols is 1. The predicted molar refractivity (Wildman–Crippen MR) is 147 cm³/mol. The van der Waals surface area contributed by atoms with Crippen LogP contribution in [0.2, 0.25) is 0 Å². The molecule has 0 spiro atoms. The summed E-state index contributed by atoms with van der Waals surface area (Å²) in [6.07, 6.45) is 1.99. The molecule has 0 fully saturated rings. The third-order valence-electron chi connectivity index (χ3n) is 6.28. The van der Waals surface area contributed by atoms with Gasteiger partial charge in [0.25, 0.3) is 0 Å². The van der Waals surface area contributed by atoms with E-state index in [-0.39, 0.29) is 29.5 Å². The molecule has 0 radical (unpaired) electrons. The van der Waals surface area contributed by atoms with Crippen molar-refractivity contribution in [2.24, 2.45) is 5.92 Å². The van der Waals surface area contributed by atoms with Gasteiger partial charge in [-0.3, -0.25) is 9.59 Å². The maximum Gasteiger partial charge on any atom is 0.408 e. The Morgan fingerprint density at radius 2 is 1.54 bits per heavy atom. The Kier molecular flexibility index (Phi) is 11.9. The monoisotopic (exact) mass is 519 g/mol. The number of amides is 3. The van der Waals surface area contributed by atoms with Crippen molar-refractivity contribution in [1.29, 1.82) is 0 Å². The van der Waals surface area contributed by atoms with Crippen molar-refractivity contribution in [3.8, 4) is 5.75 Å². The van der Waals surface area contributed by atoms with Crippen LogP contribution >= 0.6 is 0 Å². The molecular formula is C29H49N3O5. The summed E-state index contributed by atoms with van der Waals surface area (Å²) in [5.74, 6) is -0.495. The number of nitrogens with one attached hydrogen (secondary N) is 2. The minimum atomic E-state index is -0.961. The summed E-state index contributed by atoms with van der Waals surface area (Å²) in [4.78, 5) is 42.4. The molecule has 0 bridgehead atoms. The average molecular weight is 520 g/mol. The Balaban J connectivity index is 3.62. The van der Waals surface area contributed by atoms with Gasteiger partial charge in [-0.25, -0.2) is 4.79 Å². The van der Waals surface area contributed by atoms with E-state index in [0.29, 0.717) is 18.4 Å². The molecule has 3 atom stereocenters. The molecule has 8 nitrogen and oxygen atoms in total. The van der Waals surface area contributed by atoms with Gasteiger partial charge in [0.15, 0.2) is 0 Å². The van der Waals surface area contributed by atoms with Crippen LogP contribution in [-0.4, -0.2) is 51.1 Å². The fourth-order valence-electron chi connectivity index (χ4n) is 4.16. The number of hydrogen-bond acceptors (Lipinski definition) is 5. The van der Waals surface area contributed by atoms with Gasteiger partial charge in [-0.05, 0) is 84.4 Å². The van der Waals surface area contributed by atoms with Crippen LogP contribution in [0.5, 0.6) is 5.75 Å². The number of hydrogen-bond donors (Lipinski definition) is 3. The Morgan fingerprint density at radius 3 is 2.00 bits per heavy atom. The predicted octanol–water partition coefficient (Wildman–Crippen LogP) is 5.69. The van der Waals surface area contributed by atoms with Crippen molar-refractivity contribution in [3.05, 3.63) is 29.8 Å². The van der Waals surface area contributed by atoms with Crippen LogP contribution in [0.15, 0.2) is 24.3 Å². The number of alkyl carbamates (subject to hydrolysis) is 1. The van der Waals surface area contributed by atoms with E-state index in [9.17, 15) is 19.5 Å². The molecule has 0 aliphatic carbocycles. The molecule has 0 aliphatic rings. The number of rotatable bonds is 12. The first-order valence-electron chi connectivity index (χ1n) is 13.4. The van der Waals surface area contributed by atoms with Crippen molar-refractivity contribution in [3.63, 3.8) is 0 Å². The molecule has 3 unspecified atom stereocenters. The van der Waals surface area contributed by atoms with E-state index in [1.807, 2.05) is 41.5 Å². The van der Waals surface area contributed by atoms with Crippen LogP contribution in [0.1, 0.15) is 107 Å². The Bertz CT molecular complexity index is 890. The lowest BCUT2D eigenvalue weighted by molar-refractivity contribution is -0.150. The summed E-state index contributed by atoms with van der Waals surface area (Å²) in [6.45, 7) is 19.0. The van der Waals surface area contributed by atoms with Crippen LogP contribution in [-0.2, 0) is 14.3 Å². The molecule has 210 valence electrons. The van der Waals surface area contributed by atoms with Crippen molar-refractivity contribution in [2.75, 3.05) is 0 Å². The van der Waals surface area contributed by atoms with E-state index in [1.54, 1.807) is 37.8 Å². The van der Waals surface area contributed by atoms with Crippen LogP contribution < -0.4 is 10.6 Å². The Hall–Kier alpha value is -2.77. The van der Waals surface area contributed by atoms with E-state index in [1.165, 1.54) is 12.1 Å². The van der Waals surface area contributed by atoms with Crippen molar-refractivity contribution >= 4 is 17.9 Å². The highest BCUT2D eigenvalue weighted by Crippen LogP contribution is 2.33. The summed E-state index contributed by atoms with van der Waals surface area (Å²) in [5.41, 5.74) is -0.869. The molecule has 8 heteroatoms. The maximum atomic E-state index is 14.3. The number of carbonyl (C=O) groups excluding carboxylic acids is 3. The van der Waals surface area contributed by atoms with E-state index >= 15 is 0 Å². The second kappa shape index (κ2) is 13.7. The highest BCUT2D eigenvalue weighted by Gasteiger charge is 2.43. The molecule has 0 aromatic heterocycles. The standard InChI is InChI=1S/C29H49N3O5/c1-11-13-20(5)30-25(34)24(21-14-16-22(33)17-15-21)32(29(9,10)12-2)26(35)23(18-19(3)4)31-27(36)37-28(6,7)8/h14-17,19-20,23-24,33H,11-13,18H2,1-10H3,(H,30,34)(H,31,36). The zero-order chi connectivity index (χ0) is 28.6. The number of carbonyl (C=O) groups is 3. The van der Waals surface area contributed by atoms with E-state index < -0.39 is 29.3 Å². The van der Waals surface area contributed by atoms with Crippen molar-refractivity contribution in [1.82, 2.24) is 15.5 Å². The molecule has 1 aromatic carbocycles. The third kappa shape index (κ3) is 10.3. The van der Waals surface area contributed by atoms with E-state index in [2.05, 4.69) is 17.6 Å². The second-order valence-corrected chi connectivity index (χ2v) is 11.9. The fraction of sp³-hybridized carbons (Fsp3) is 0.690. The van der Waals surface area contributed by atoms with Gasteiger partial charge in [0.05, 0.1) is 0 Å². The summed E-state index contributed by atoms with van der Waals surface area (Å²) < 4.78 is 5.45. The van der Waals surface area contributed by atoms with Crippen LogP contribution in [0.3, 0.4) is 0 Å². The molecule has 0 heterocycles. The lowest BCUT2D eigenvalue weighted by Crippen LogP contribution is -2.60. The highest BCUT2D eigenvalue weighted by atomic mass is 16.6. The lowest BCUT2D eigenvalue weighted by Gasteiger charge is -2.45. The Labute approximate surface area is 223 Å². The molecule has 1 aromatic rings. The number of phenolic OH excluding ortho intramolecular Hbond substituents is 1. The molecule has 3 amide bonds. The molecular weight excluding hydrogens is 470 g/mol. The SMILES string of the molecule is CCCC(C)NC(=O)C(c1ccc(O)cc1)N(C(=O)C(CC(C)C)NC(=O)OC(C)(C)C)C(C)(C)CC. The smallest absolute Gasteiger partial charge is 0.408 e. The van der Waals surface area contributed by atoms with Gasteiger partial charge in [-0.15, -0.1) is 0 Å². The molecule has 37 heavy (non-hydrogen) atoms. The molecule has 3 N–H and O–H groups in total. The first-order valence-corrected chi connectivity index (χ1v) is 13.4. The number of nitrogens with zero attached hydrogens (tertiary/aromatic N) is 1. The second-order valence-electron chi connectivity index (χ2n) is 11.9. The summed E-state index contributed by atoms with van der Waals surface area (Å²) in [6, 6.07) is 4.42. The molecule has 0 saturated carbocycles.